The second-order valence-electron chi connectivity index (χ2n) is 4.81. The molecule has 0 unspecified atom stereocenters. The van der Waals surface area contributed by atoms with Crippen molar-refractivity contribution in [2.45, 2.75) is 6.42 Å². The van der Waals surface area contributed by atoms with Gasteiger partial charge in [-0.15, -0.1) is 0 Å². The Hall–Kier alpha value is -2.16. The van der Waals surface area contributed by atoms with Crippen molar-refractivity contribution in [2.75, 3.05) is 13.2 Å². The number of thiophene rings is 1. The number of carbonyl (C=O) groups excluding carboxylic acids is 2. The number of esters is 1. The molecule has 0 saturated carbocycles. The molecule has 1 aromatic carbocycles. The van der Waals surface area contributed by atoms with Gasteiger partial charge in [-0.25, -0.2) is 4.79 Å². The van der Waals surface area contributed by atoms with Crippen LogP contribution in [-0.2, 0) is 16.0 Å². The van der Waals surface area contributed by atoms with Crippen LogP contribution in [0.4, 0.5) is 5.00 Å². The summed E-state index contributed by atoms with van der Waals surface area (Å²) in [5, 5.41) is 14.0. The molecule has 1 amide bonds. The van der Waals surface area contributed by atoms with Crippen molar-refractivity contribution in [2.24, 2.45) is 0 Å². The summed E-state index contributed by atoms with van der Waals surface area (Å²) < 4.78 is 4.82. The molecule has 1 N–H and O–H groups in total. The van der Waals surface area contributed by atoms with Crippen LogP contribution in [-0.4, -0.2) is 30.0 Å². The summed E-state index contributed by atoms with van der Waals surface area (Å²) in [4.78, 5) is 33.4. The second kappa shape index (κ2) is 8.80. The highest BCUT2D eigenvalue weighted by molar-refractivity contribution is 7.17. The Kier molecular flexibility index (Phi) is 6.74. The average Bonchev–Trinajstić information content (AvgIpc) is 3.05. The number of hydrogen-bond acceptors (Lipinski definition) is 6. The van der Waals surface area contributed by atoms with Gasteiger partial charge in [0.25, 0.3) is 5.91 Å². The van der Waals surface area contributed by atoms with E-state index in [-0.39, 0.29) is 9.88 Å². The van der Waals surface area contributed by atoms with Gasteiger partial charge in [0.2, 0.25) is 0 Å². The van der Waals surface area contributed by atoms with E-state index in [0.717, 1.165) is 5.56 Å². The Bertz CT molecular complexity index is 809. The monoisotopic (exact) mass is 402 g/mol. The lowest BCUT2D eigenvalue weighted by molar-refractivity contribution is -0.380. The summed E-state index contributed by atoms with van der Waals surface area (Å²) in [5.41, 5.74) is 0.828. The molecule has 2 aromatic rings. The van der Waals surface area contributed by atoms with E-state index in [1.165, 1.54) is 12.1 Å². The molecule has 0 saturated heterocycles. The largest absolute Gasteiger partial charge is 0.451 e. The molecular weight excluding hydrogens is 391 g/mol. The lowest BCUT2D eigenvalue weighted by Crippen LogP contribution is -2.30. The zero-order valence-corrected chi connectivity index (χ0v) is 15.0. The summed E-state index contributed by atoms with van der Waals surface area (Å²) in [6, 6.07) is 7.57. The van der Waals surface area contributed by atoms with E-state index in [4.69, 9.17) is 27.9 Å². The second-order valence-corrected chi connectivity index (χ2v) is 6.71. The molecule has 0 spiro atoms. The third kappa shape index (κ3) is 5.70. The fourth-order valence-electron chi connectivity index (χ4n) is 1.85. The van der Waals surface area contributed by atoms with Gasteiger partial charge in [-0.05, 0) is 30.2 Å². The van der Waals surface area contributed by atoms with Gasteiger partial charge < -0.3 is 10.1 Å². The molecule has 2 rings (SSSR count). The first-order valence-electron chi connectivity index (χ1n) is 6.99. The molecule has 25 heavy (non-hydrogen) atoms. The fourth-order valence-corrected chi connectivity index (χ4v) is 3.07. The van der Waals surface area contributed by atoms with Gasteiger partial charge in [-0.3, -0.25) is 14.9 Å². The molecule has 0 radical (unpaired) electrons. The number of nitrogens with zero attached hydrogens (tertiary/aromatic N) is 1. The standard InChI is InChI=1S/C15H12Cl2N2O5S/c16-10-2-1-9(11(17)7-10)5-6-18-13(20)8-24-15(21)12-3-4-14(25-12)19(22)23/h1-4,7H,5-6,8H2,(H,18,20). The van der Waals surface area contributed by atoms with E-state index in [1.54, 1.807) is 18.2 Å². The van der Waals surface area contributed by atoms with Gasteiger partial charge in [0.1, 0.15) is 4.88 Å². The van der Waals surface area contributed by atoms with Crippen molar-refractivity contribution in [3.63, 3.8) is 0 Å². The third-order valence-electron chi connectivity index (χ3n) is 3.04. The fraction of sp³-hybridized carbons (Fsp3) is 0.200. The van der Waals surface area contributed by atoms with Crippen LogP contribution in [0.3, 0.4) is 0 Å². The van der Waals surface area contributed by atoms with E-state index < -0.39 is 23.4 Å². The van der Waals surface area contributed by atoms with Crippen molar-refractivity contribution < 1.29 is 19.2 Å². The average molecular weight is 403 g/mol. The Labute approximate surface area is 156 Å². The van der Waals surface area contributed by atoms with Gasteiger partial charge in [0.05, 0.1) is 4.92 Å². The van der Waals surface area contributed by atoms with E-state index in [2.05, 4.69) is 5.32 Å². The predicted molar refractivity (Wildman–Crippen MR) is 94.4 cm³/mol. The number of hydrogen-bond donors (Lipinski definition) is 1. The van der Waals surface area contributed by atoms with E-state index >= 15 is 0 Å². The van der Waals surface area contributed by atoms with E-state index in [9.17, 15) is 19.7 Å². The Morgan fingerprint density at radius 2 is 2.00 bits per heavy atom. The molecule has 0 aliphatic carbocycles. The highest BCUT2D eigenvalue weighted by Crippen LogP contribution is 2.24. The molecule has 0 aliphatic heterocycles. The van der Waals surface area contributed by atoms with Crippen LogP contribution in [0.1, 0.15) is 15.2 Å². The lowest BCUT2D eigenvalue weighted by Gasteiger charge is -2.07. The highest BCUT2D eigenvalue weighted by atomic mass is 35.5. The number of rotatable bonds is 7. The summed E-state index contributed by atoms with van der Waals surface area (Å²) in [6.45, 7) is -0.166. The number of nitrogens with one attached hydrogen (secondary N) is 1. The normalized spacial score (nSPS) is 10.3. The first-order valence-corrected chi connectivity index (χ1v) is 8.56. The quantitative estimate of drug-likeness (QED) is 0.434. The molecule has 10 heteroatoms. The smallest absolute Gasteiger partial charge is 0.349 e. The van der Waals surface area contributed by atoms with Crippen LogP contribution >= 0.6 is 34.5 Å². The third-order valence-corrected chi connectivity index (χ3v) is 4.64. The number of ether oxygens (including phenoxy) is 1. The number of amides is 1. The maximum Gasteiger partial charge on any atom is 0.349 e. The van der Waals surface area contributed by atoms with Crippen molar-refractivity contribution in [3.05, 3.63) is 60.9 Å². The minimum atomic E-state index is -0.783. The van der Waals surface area contributed by atoms with Crippen LogP contribution in [0.25, 0.3) is 0 Å². The Morgan fingerprint density at radius 3 is 2.64 bits per heavy atom. The number of nitro groups is 1. The maximum atomic E-state index is 11.7. The summed E-state index contributed by atoms with van der Waals surface area (Å²) in [7, 11) is 0. The Morgan fingerprint density at radius 1 is 1.24 bits per heavy atom. The predicted octanol–water partition coefficient (Wildman–Crippen LogP) is 3.48. The summed E-state index contributed by atoms with van der Waals surface area (Å²) >= 11 is 12.5. The molecule has 1 aromatic heterocycles. The molecule has 132 valence electrons. The van der Waals surface area contributed by atoms with Gasteiger partial charge in [0, 0.05) is 22.7 Å². The molecule has 0 bridgehead atoms. The molecule has 0 atom stereocenters. The first-order chi connectivity index (χ1) is 11.9. The van der Waals surface area contributed by atoms with Crippen LogP contribution in [0.5, 0.6) is 0 Å². The number of halogens is 2. The van der Waals surface area contributed by atoms with Crippen LogP contribution in [0.2, 0.25) is 10.0 Å². The number of carbonyl (C=O) groups is 2. The topological polar surface area (TPSA) is 98.5 Å². The van der Waals surface area contributed by atoms with Gasteiger partial charge in [-0.1, -0.05) is 40.6 Å². The van der Waals surface area contributed by atoms with E-state index in [1.807, 2.05) is 0 Å². The zero-order valence-electron chi connectivity index (χ0n) is 12.7. The maximum absolute atomic E-state index is 11.7. The molecule has 1 heterocycles. The van der Waals surface area contributed by atoms with Crippen molar-refractivity contribution in [1.82, 2.24) is 5.32 Å². The van der Waals surface area contributed by atoms with Crippen LogP contribution < -0.4 is 5.32 Å². The lowest BCUT2D eigenvalue weighted by atomic mass is 10.1. The van der Waals surface area contributed by atoms with Crippen LogP contribution in [0.15, 0.2) is 30.3 Å². The van der Waals surface area contributed by atoms with Gasteiger partial charge >= 0.3 is 11.0 Å². The van der Waals surface area contributed by atoms with Gasteiger partial charge in [0.15, 0.2) is 6.61 Å². The van der Waals surface area contributed by atoms with Crippen molar-refractivity contribution >= 4 is 51.4 Å². The molecule has 0 fully saturated rings. The minimum absolute atomic E-state index is 0.0625. The zero-order chi connectivity index (χ0) is 18.4. The van der Waals surface area contributed by atoms with Crippen molar-refractivity contribution in [1.29, 1.82) is 0 Å². The van der Waals surface area contributed by atoms with E-state index in [0.29, 0.717) is 34.3 Å². The SMILES string of the molecule is O=C(COC(=O)c1ccc([N+](=O)[O-])s1)NCCc1ccc(Cl)cc1Cl. The Balaban J connectivity index is 1.74. The first kappa shape index (κ1) is 19.2. The highest BCUT2D eigenvalue weighted by Gasteiger charge is 2.17. The minimum Gasteiger partial charge on any atom is -0.451 e. The van der Waals surface area contributed by atoms with Crippen molar-refractivity contribution in [3.8, 4) is 0 Å². The summed E-state index contributed by atoms with van der Waals surface area (Å²) in [5.74, 6) is -1.27. The molecule has 0 aliphatic rings. The molecular formula is C15H12Cl2N2O5S. The number of benzene rings is 1. The summed E-state index contributed by atoms with van der Waals surface area (Å²) in [6.07, 6.45) is 0.493. The van der Waals surface area contributed by atoms with Gasteiger partial charge in [-0.2, -0.15) is 0 Å². The molecule has 7 nitrogen and oxygen atoms in total. The van der Waals surface area contributed by atoms with Crippen LogP contribution in [0, 0.1) is 10.1 Å².